The van der Waals surface area contributed by atoms with E-state index in [1.807, 2.05) is 6.92 Å². The van der Waals surface area contributed by atoms with Gasteiger partial charge >= 0.3 is 5.97 Å². The molecule has 0 aromatic carbocycles. The number of hydrogen-bond donors (Lipinski definition) is 1. The van der Waals surface area contributed by atoms with Gasteiger partial charge in [-0.1, -0.05) is 0 Å². The molecule has 0 aliphatic heterocycles. The van der Waals surface area contributed by atoms with Gasteiger partial charge in [0.05, 0.1) is 18.5 Å². The van der Waals surface area contributed by atoms with Crippen LogP contribution < -0.4 is 0 Å². The van der Waals surface area contributed by atoms with Crippen molar-refractivity contribution in [3.05, 3.63) is 18.1 Å². The molecule has 0 atom stereocenters. The zero-order chi connectivity index (χ0) is 11.5. The van der Waals surface area contributed by atoms with Crippen molar-refractivity contribution in [2.24, 2.45) is 0 Å². The van der Waals surface area contributed by atoms with Crippen molar-refractivity contribution in [2.45, 2.75) is 19.9 Å². The second-order valence-electron chi connectivity index (χ2n) is 3.32. The summed E-state index contributed by atoms with van der Waals surface area (Å²) in [7, 11) is 0. The second kappa shape index (κ2) is 4.13. The lowest BCUT2D eigenvalue weighted by Crippen LogP contribution is -2.07. The summed E-state index contributed by atoms with van der Waals surface area (Å²) in [6.45, 7) is 2.05. The molecular formula is C9H10N4O3. The molecule has 0 unspecified atom stereocenters. The number of aryl methyl sites for hydroxylation is 2. The fourth-order valence-electron chi connectivity index (χ4n) is 1.32. The maximum atomic E-state index is 10.4. The van der Waals surface area contributed by atoms with Crippen LogP contribution in [-0.2, 0) is 11.3 Å². The smallest absolute Gasteiger partial charge is 0.305 e. The van der Waals surface area contributed by atoms with Gasteiger partial charge in [-0.2, -0.15) is 0 Å². The highest BCUT2D eigenvalue weighted by molar-refractivity contribution is 5.66. The molecule has 0 fully saturated rings. The number of tetrazole rings is 1. The van der Waals surface area contributed by atoms with Gasteiger partial charge in [-0.25, -0.2) is 4.68 Å². The van der Waals surface area contributed by atoms with Crippen molar-refractivity contribution in [1.82, 2.24) is 20.2 Å². The number of carboxylic acids is 1. The Kier molecular flexibility index (Phi) is 2.67. The zero-order valence-electron chi connectivity index (χ0n) is 8.62. The summed E-state index contributed by atoms with van der Waals surface area (Å²) in [5.74, 6) is 0.380. The summed E-state index contributed by atoms with van der Waals surface area (Å²) in [6, 6.07) is 1.79. The van der Waals surface area contributed by atoms with Crippen molar-refractivity contribution in [1.29, 1.82) is 0 Å². The lowest BCUT2D eigenvalue weighted by molar-refractivity contribution is -0.137. The SMILES string of the molecule is Cc1cc(-c2nnnn2CCC(=O)O)co1. The maximum absolute atomic E-state index is 10.4. The summed E-state index contributed by atoms with van der Waals surface area (Å²) in [6.07, 6.45) is 1.52. The first-order valence-electron chi connectivity index (χ1n) is 4.70. The highest BCUT2D eigenvalue weighted by Gasteiger charge is 2.11. The minimum Gasteiger partial charge on any atom is -0.481 e. The molecule has 0 aliphatic rings. The average Bonchev–Trinajstić information content (AvgIpc) is 2.82. The summed E-state index contributed by atoms with van der Waals surface area (Å²) < 4.78 is 6.59. The Morgan fingerprint density at radius 1 is 1.62 bits per heavy atom. The minimum atomic E-state index is -0.884. The van der Waals surface area contributed by atoms with Gasteiger partial charge in [0.2, 0.25) is 0 Å². The Hall–Kier alpha value is -2.18. The molecule has 0 saturated carbocycles. The first-order chi connectivity index (χ1) is 7.66. The Bertz CT molecular complexity index is 502. The number of hydrogen-bond acceptors (Lipinski definition) is 5. The molecule has 0 saturated heterocycles. The van der Waals surface area contributed by atoms with Crippen molar-refractivity contribution >= 4 is 5.97 Å². The van der Waals surface area contributed by atoms with E-state index in [4.69, 9.17) is 9.52 Å². The van der Waals surface area contributed by atoms with Crippen molar-refractivity contribution in [3.8, 4) is 11.4 Å². The molecule has 1 N–H and O–H groups in total. The Morgan fingerprint density at radius 2 is 2.44 bits per heavy atom. The number of carbonyl (C=O) groups is 1. The quantitative estimate of drug-likeness (QED) is 0.818. The van der Waals surface area contributed by atoms with Gasteiger partial charge in [0.25, 0.3) is 0 Å². The van der Waals surface area contributed by atoms with Gasteiger partial charge in [-0.15, -0.1) is 5.10 Å². The standard InChI is InChI=1S/C9H10N4O3/c1-6-4-7(5-16-6)9-10-11-12-13(9)3-2-8(14)15/h4-5H,2-3H2,1H3,(H,14,15). The third-order valence-corrected chi connectivity index (χ3v) is 2.06. The summed E-state index contributed by atoms with van der Waals surface area (Å²) in [5, 5.41) is 19.6. The van der Waals surface area contributed by atoms with Crippen molar-refractivity contribution < 1.29 is 14.3 Å². The molecular weight excluding hydrogens is 212 g/mol. The van der Waals surface area contributed by atoms with Crippen LogP contribution in [0.1, 0.15) is 12.2 Å². The number of carboxylic acid groups (broad SMARTS) is 1. The molecule has 16 heavy (non-hydrogen) atoms. The molecule has 2 aromatic heterocycles. The third kappa shape index (κ3) is 2.08. The third-order valence-electron chi connectivity index (χ3n) is 2.06. The van der Waals surface area contributed by atoms with Crippen LogP contribution in [-0.4, -0.2) is 31.3 Å². The molecule has 0 aliphatic carbocycles. The molecule has 84 valence electrons. The second-order valence-corrected chi connectivity index (χ2v) is 3.32. The van der Waals surface area contributed by atoms with Crippen molar-refractivity contribution in [2.75, 3.05) is 0 Å². The van der Waals surface area contributed by atoms with E-state index in [9.17, 15) is 4.79 Å². The number of aliphatic carboxylic acids is 1. The van der Waals surface area contributed by atoms with E-state index in [-0.39, 0.29) is 13.0 Å². The van der Waals surface area contributed by atoms with Crippen LogP contribution in [0.2, 0.25) is 0 Å². The molecule has 0 amide bonds. The molecule has 2 rings (SSSR count). The monoisotopic (exact) mass is 222 g/mol. The first-order valence-corrected chi connectivity index (χ1v) is 4.70. The minimum absolute atomic E-state index is 0.0190. The zero-order valence-corrected chi connectivity index (χ0v) is 8.62. The fourth-order valence-corrected chi connectivity index (χ4v) is 1.32. The molecule has 7 nitrogen and oxygen atoms in total. The molecule has 2 heterocycles. The molecule has 7 heteroatoms. The Balaban J connectivity index is 2.22. The van der Waals surface area contributed by atoms with E-state index in [1.54, 1.807) is 6.07 Å². The fraction of sp³-hybridized carbons (Fsp3) is 0.333. The summed E-state index contributed by atoms with van der Waals surface area (Å²) in [5.41, 5.74) is 0.743. The van der Waals surface area contributed by atoms with E-state index in [0.29, 0.717) is 5.82 Å². The average molecular weight is 222 g/mol. The Labute approximate surface area is 90.7 Å². The van der Waals surface area contributed by atoms with E-state index in [1.165, 1.54) is 10.9 Å². The predicted octanol–water partition coefficient (Wildman–Crippen LogP) is 0.716. The number of furan rings is 1. The van der Waals surface area contributed by atoms with E-state index in [0.717, 1.165) is 11.3 Å². The molecule has 0 bridgehead atoms. The van der Waals surface area contributed by atoms with Crippen LogP contribution in [0.15, 0.2) is 16.7 Å². The number of aromatic nitrogens is 4. The van der Waals surface area contributed by atoms with E-state index in [2.05, 4.69) is 15.5 Å². The van der Waals surface area contributed by atoms with Gasteiger partial charge < -0.3 is 9.52 Å². The van der Waals surface area contributed by atoms with Gasteiger partial charge in [0.1, 0.15) is 12.0 Å². The van der Waals surface area contributed by atoms with Crippen LogP contribution in [0.25, 0.3) is 11.4 Å². The van der Waals surface area contributed by atoms with Gasteiger partial charge in [0.15, 0.2) is 5.82 Å². The highest BCUT2D eigenvalue weighted by atomic mass is 16.4. The van der Waals surface area contributed by atoms with Crippen LogP contribution in [0.4, 0.5) is 0 Å². The first kappa shape index (κ1) is 10.3. The molecule has 0 spiro atoms. The van der Waals surface area contributed by atoms with Crippen LogP contribution in [0, 0.1) is 6.92 Å². The Morgan fingerprint density at radius 3 is 3.06 bits per heavy atom. The van der Waals surface area contributed by atoms with E-state index >= 15 is 0 Å². The number of nitrogens with zero attached hydrogens (tertiary/aromatic N) is 4. The van der Waals surface area contributed by atoms with Crippen molar-refractivity contribution in [3.63, 3.8) is 0 Å². The molecule has 2 aromatic rings. The summed E-state index contributed by atoms with van der Waals surface area (Å²) in [4.78, 5) is 10.4. The molecule has 0 radical (unpaired) electrons. The van der Waals surface area contributed by atoms with Gasteiger partial charge in [-0.3, -0.25) is 4.79 Å². The summed E-state index contributed by atoms with van der Waals surface area (Å²) >= 11 is 0. The predicted molar refractivity (Wildman–Crippen MR) is 52.5 cm³/mol. The normalized spacial score (nSPS) is 10.6. The van der Waals surface area contributed by atoms with Gasteiger partial charge in [-0.05, 0) is 23.4 Å². The van der Waals surface area contributed by atoms with E-state index < -0.39 is 5.97 Å². The lowest BCUT2D eigenvalue weighted by atomic mass is 10.3. The number of rotatable bonds is 4. The van der Waals surface area contributed by atoms with Crippen LogP contribution in [0.3, 0.4) is 0 Å². The topological polar surface area (TPSA) is 94.0 Å². The van der Waals surface area contributed by atoms with Crippen LogP contribution >= 0.6 is 0 Å². The highest BCUT2D eigenvalue weighted by Crippen LogP contribution is 2.18. The maximum Gasteiger partial charge on any atom is 0.305 e. The van der Waals surface area contributed by atoms with Crippen LogP contribution in [0.5, 0.6) is 0 Å². The van der Waals surface area contributed by atoms with Gasteiger partial charge in [0, 0.05) is 0 Å². The largest absolute Gasteiger partial charge is 0.481 e. The lowest BCUT2D eigenvalue weighted by Gasteiger charge is -1.99.